The average molecular weight is 418 g/mol. The highest BCUT2D eigenvalue weighted by molar-refractivity contribution is 7.91. The van der Waals surface area contributed by atoms with E-state index < -0.39 is 21.5 Å². The van der Waals surface area contributed by atoms with Gasteiger partial charge in [-0.25, -0.2) is 13.2 Å². The Morgan fingerprint density at radius 1 is 1.18 bits per heavy atom. The van der Waals surface area contributed by atoms with Crippen LogP contribution in [0.4, 0.5) is 4.79 Å². The second-order valence-corrected chi connectivity index (χ2v) is 11.1. The number of rotatable bonds is 6. The number of piperidine rings is 1. The summed E-state index contributed by atoms with van der Waals surface area (Å²) in [6.07, 6.45) is 1.97. The first-order valence-corrected chi connectivity index (χ1v) is 12.0. The minimum atomic E-state index is -3.00. The Morgan fingerprint density at radius 2 is 1.82 bits per heavy atom. The van der Waals surface area contributed by atoms with Crippen LogP contribution in [-0.2, 0) is 19.4 Å². The van der Waals surface area contributed by atoms with Crippen LogP contribution in [-0.4, -0.2) is 86.1 Å². The van der Waals surface area contributed by atoms with Crippen molar-refractivity contribution < 1.29 is 22.7 Å². The van der Waals surface area contributed by atoms with Gasteiger partial charge in [0.1, 0.15) is 5.60 Å². The van der Waals surface area contributed by atoms with Gasteiger partial charge in [-0.3, -0.25) is 9.69 Å². The molecular formula is C19H35N3O5S. The molecule has 28 heavy (non-hydrogen) atoms. The summed E-state index contributed by atoms with van der Waals surface area (Å²) in [5.41, 5.74) is -0.502. The van der Waals surface area contributed by atoms with E-state index in [1.54, 1.807) is 4.90 Å². The highest BCUT2D eigenvalue weighted by atomic mass is 32.2. The van der Waals surface area contributed by atoms with E-state index in [0.717, 1.165) is 25.9 Å². The van der Waals surface area contributed by atoms with Crippen molar-refractivity contribution in [2.45, 2.75) is 58.6 Å². The average Bonchev–Trinajstić information content (AvgIpc) is 2.93. The predicted molar refractivity (Wildman–Crippen MR) is 108 cm³/mol. The highest BCUT2D eigenvalue weighted by Crippen LogP contribution is 2.20. The van der Waals surface area contributed by atoms with Crippen LogP contribution in [0.1, 0.15) is 47.0 Å². The van der Waals surface area contributed by atoms with Crippen LogP contribution in [0.3, 0.4) is 0 Å². The first-order valence-electron chi connectivity index (χ1n) is 10.2. The summed E-state index contributed by atoms with van der Waals surface area (Å²) in [6, 6.07) is -0.182. The van der Waals surface area contributed by atoms with E-state index in [-0.39, 0.29) is 23.5 Å². The molecule has 2 aliphatic rings. The molecule has 8 nitrogen and oxygen atoms in total. The van der Waals surface area contributed by atoms with Gasteiger partial charge in [-0.05, 0) is 66.0 Å². The zero-order valence-electron chi connectivity index (χ0n) is 17.6. The molecule has 0 radical (unpaired) electrons. The Morgan fingerprint density at radius 3 is 2.32 bits per heavy atom. The standard InChI is InChI=1S/C19H35N3O5S/c1-5-22(16-8-11-28(25,26)14-16)17(23)13-21-9-6-15(7-10-21)12-20-18(24)27-19(2,3)4/h15-16H,5-14H2,1-4H3,(H,20,24). The molecule has 2 aliphatic heterocycles. The molecule has 0 aromatic carbocycles. The number of nitrogens with zero attached hydrogens (tertiary/aromatic N) is 2. The maximum Gasteiger partial charge on any atom is 0.407 e. The number of ether oxygens (including phenoxy) is 1. The fraction of sp³-hybridized carbons (Fsp3) is 0.895. The number of hydrogen-bond donors (Lipinski definition) is 1. The zero-order chi connectivity index (χ0) is 20.9. The molecule has 1 atom stereocenters. The molecule has 0 saturated carbocycles. The molecule has 0 aromatic rings. The summed E-state index contributed by atoms with van der Waals surface area (Å²) < 4.78 is 28.7. The van der Waals surface area contributed by atoms with Gasteiger partial charge in [0.2, 0.25) is 5.91 Å². The van der Waals surface area contributed by atoms with E-state index in [9.17, 15) is 18.0 Å². The summed E-state index contributed by atoms with van der Waals surface area (Å²) >= 11 is 0. The number of hydrogen-bond acceptors (Lipinski definition) is 6. The molecule has 0 aromatic heterocycles. The van der Waals surface area contributed by atoms with E-state index in [1.165, 1.54) is 0 Å². The van der Waals surface area contributed by atoms with Gasteiger partial charge in [0.15, 0.2) is 9.84 Å². The summed E-state index contributed by atoms with van der Waals surface area (Å²) in [6.45, 7) is 10.5. The molecule has 2 saturated heterocycles. The fourth-order valence-corrected chi connectivity index (χ4v) is 5.56. The number of carbonyl (C=O) groups excluding carboxylic acids is 2. The fourth-order valence-electron chi connectivity index (χ4n) is 3.83. The van der Waals surface area contributed by atoms with Crippen molar-refractivity contribution in [2.75, 3.05) is 44.2 Å². The minimum absolute atomic E-state index is 0.00919. The zero-order valence-corrected chi connectivity index (χ0v) is 18.4. The molecule has 162 valence electrons. The van der Waals surface area contributed by atoms with E-state index in [4.69, 9.17) is 4.74 Å². The van der Waals surface area contributed by atoms with Gasteiger partial charge in [-0.1, -0.05) is 0 Å². The molecule has 2 amide bonds. The SMILES string of the molecule is CCN(C(=O)CN1CCC(CNC(=O)OC(C)(C)C)CC1)C1CCS(=O)(=O)C1. The van der Waals surface area contributed by atoms with E-state index >= 15 is 0 Å². The van der Waals surface area contributed by atoms with Crippen LogP contribution in [0, 0.1) is 5.92 Å². The van der Waals surface area contributed by atoms with E-state index in [2.05, 4.69) is 10.2 Å². The molecule has 2 rings (SSSR count). The van der Waals surface area contributed by atoms with Crippen molar-refractivity contribution in [3.05, 3.63) is 0 Å². The largest absolute Gasteiger partial charge is 0.444 e. The summed E-state index contributed by atoms with van der Waals surface area (Å²) in [7, 11) is -3.00. The lowest BCUT2D eigenvalue weighted by Crippen LogP contribution is -2.48. The van der Waals surface area contributed by atoms with Crippen LogP contribution in [0.5, 0.6) is 0 Å². The Bertz CT molecular complexity index is 651. The number of nitrogens with one attached hydrogen (secondary N) is 1. The molecular weight excluding hydrogens is 382 g/mol. The third kappa shape index (κ3) is 7.24. The van der Waals surface area contributed by atoms with Crippen molar-refractivity contribution in [3.63, 3.8) is 0 Å². The maximum atomic E-state index is 12.7. The topological polar surface area (TPSA) is 96.0 Å². The van der Waals surface area contributed by atoms with Gasteiger partial charge >= 0.3 is 6.09 Å². The van der Waals surface area contributed by atoms with Crippen molar-refractivity contribution in [1.29, 1.82) is 0 Å². The Labute approximate surface area is 168 Å². The molecule has 2 heterocycles. The summed E-state index contributed by atoms with van der Waals surface area (Å²) in [5.74, 6) is 0.652. The minimum Gasteiger partial charge on any atom is -0.444 e. The number of amides is 2. The van der Waals surface area contributed by atoms with Gasteiger partial charge in [-0.15, -0.1) is 0 Å². The second-order valence-electron chi connectivity index (χ2n) is 8.84. The van der Waals surface area contributed by atoms with Gasteiger partial charge in [0, 0.05) is 19.1 Å². The van der Waals surface area contributed by atoms with Gasteiger partial charge < -0.3 is 15.0 Å². The smallest absolute Gasteiger partial charge is 0.407 e. The van der Waals surface area contributed by atoms with Crippen molar-refractivity contribution in [3.8, 4) is 0 Å². The quantitative estimate of drug-likeness (QED) is 0.699. The van der Waals surface area contributed by atoms with Crippen LogP contribution >= 0.6 is 0 Å². The highest BCUT2D eigenvalue weighted by Gasteiger charge is 2.34. The van der Waals surface area contributed by atoms with E-state index in [1.807, 2.05) is 27.7 Å². The summed E-state index contributed by atoms with van der Waals surface area (Å²) in [5, 5.41) is 2.82. The van der Waals surface area contributed by atoms with Gasteiger partial charge in [-0.2, -0.15) is 0 Å². The third-order valence-corrected chi connectivity index (χ3v) is 7.06. The molecule has 0 bridgehead atoms. The van der Waals surface area contributed by atoms with Crippen LogP contribution in [0.15, 0.2) is 0 Å². The molecule has 1 N–H and O–H groups in total. The van der Waals surface area contributed by atoms with Gasteiger partial charge in [0.05, 0.1) is 18.1 Å². The normalized spacial score (nSPS) is 23.4. The number of carbonyl (C=O) groups is 2. The Kier molecular flexibility index (Phi) is 7.73. The number of sulfone groups is 1. The third-order valence-electron chi connectivity index (χ3n) is 5.31. The Hall–Kier alpha value is -1.35. The molecule has 0 spiro atoms. The van der Waals surface area contributed by atoms with Crippen LogP contribution in [0.25, 0.3) is 0 Å². The lowest BCUT2D eigenvalue weighted by atomic mass is 9.97. The number of likely N-dealkylation sites (tertiary alicyclic amines) is 1. The van der Waals surface area contributed by atoms with Crippen LogP contribution < -0.4 is 5.32 Å². The molecule has 1 unspecified atom stereocenters. The monoisotopic (exact) mass is 417 g/mol. The van der Waals surface area contributed by atoms with Gasteiger partial charge in [0.25, 0.3) is 0 Å². The maximum absolute atomic E-state index is 12.7. The van der Waals surface area contributed by atoms with Crippen LogP contribution in [0.2, 0.25) is 0 Å². The van der Waals surface area contributed by atoms with E-state index in [0.29, 0.717) is 32.0 Å². The number of alkyl carbamates (subject to hydrolysis) is 1. The lowest BCUT2D eigenvalue weighted by Gasteiger charge is -2.34. The first-order chi connectivity index (χ1) is 13.0. The molecule has 2 fully saturated rings. The molecule has 9 heteroatoms. The lowest BCUT2D eigenvalue weighted by molar-refractivity contribution is -0.134. The first kappa shape index (κ1) is 22.9. The van der Waals surface area contributed by atoms with Crippen molar-refractivity contribution >= 4 is 21.8 Å². The van der Waals surface area contributed by atoms with Crippen molar-refractivity contribution in [1.82, 2.24) is 15.1 Å². The second kappa shape index (κ2) is 9.43. The number of likely N-dealkylation sites (N-methyl/N-ethyl adjacent to an activating group) is 1. The van der Waals surface area contributed by atoms with Crippen molar-refractivity contribution in [2.24, 2.45) is 5.92 Å². The Balaban J connectivity index is 1.73. The predicted octanol–water partition coefficient (Wildman–Crippen LogP) is 1.26. The summed E-state index contributed by atoms with van der Waals surface area (Å²) in [4.78, 5) is 28.3. The molecule has 0 aliphatic carbocycles.